The molecule has 1 aliphatic rings. The van der Waals surface area contributed by atoms with Crippen LogP contribution in [0, 0.1) is 18.6 Å². The predicted molar refractivity (Wildman–Crippen MR) is 109 cm³/mol. The molecule has 4 rings (SSSR count). The van der Waals surface area contributed by atoms with Gasteiger partial charge < -0.3 is 5.32 Å². The summed E-state index contributed by atoms with van der Waals surface area (Å²) in [4.78, 5) is 11.6. The fraction of sp³-hybridized carbons (Fsp3) is 0.400. The first-order valence-corrected chi connectivity index (χ1v) is 11.0. The summed E-state index contributed by atoms with van der Waals surface area (Å²) in [6.45, 7) is 4.24. The zero-order valence-corrected chi connectivity index (χ0v) is 16.9. The highest BCUT2D eigenvalue weighted by Gasteiger charge is 2.39. The van der Waals surface area contributed by atoms with Gasteiger partial charge in [0.15, 0.2) is 16.8 Å². The summed E-state index contributed by atoms with van der Waals surface area (Å²) < 4.78 is 26.7. The number of anilines is 1. The van der Waals surface area contributed by atoms with Crippen molar-refractivity contribution < 1.29 is 8.78 Å². The zero-order valence-electron chi connectivity index (χ0n) is 15.3. The molecule has 1 N–H and O–H groups in total. The Labute approximate surface area is 165 Å². The van der Waals surface area contributed by atoms with Gasteiger partial charge in [0.05, 0.1) is 5.39 Å². The summed E-state index contributed by atoms with van der Waals surface area (Å²) in [7, 11) is 0. The highest BCUT2D eigenvalue weighted by Crippen LogP contribution is 2.44. The standard InChI is InChI=1S/C20H21F2N3S2/c1-3-4-7-26-20-24-18(14-8-11(2)27-19(14)25-20)23-17-10-13(17)12-5-6-15(21)16(22)9-12/h5-6,8-9,13,17H,3-4,7,10H2,1-2H3,(H,23,24,25)/t13-,17+/m0/s1. The molecule has 1 saturated carbocycles. The smallest absolute Gasteiger partial charge is 0.190 e. The molecule has 0 saturated heterocycles. The SMILES string of the molecule is CCCCSc1nc(N[C@@H]2C[C@H]2c2ccc(F)c(F)c2)c2cc(C)sc2n1. The number of hydrogen-bond donors (Lipinski definition) is 1. The van der Waals surface area contributed by atoms with Gasteiger partial charge in [0, 0.05) is 22.6 Å². The number of hydrogen-bond acceptors (Lipinski definition) is 5. The normalized spacial score (nSPS) is 18.8. The van der Waals surface area contributed by atoms with Crippen LogP contribution in [0.15, 0.2) is 29.4 Å². The molecule has 0 amide bonds. The second-order valence-corrected chi connectivity index (χ2v) is 9.20. The van der Waals surface area contributed by atoms with Crippen LogP contribution in [0.25, 0.3) is 10.2 Å². The first kappa shape index (κ1) is 18.6. The van der Waals surface area contributed by atoms with E-state index in [1.165, 1.54) is 17.0 Å². The van der Waals surface area contributed by atoms with Gasteiger partial charge in [-0.2, -0.15) is 0 Å². The van der Waals surface area contributed by atoms with Crippen LogP contribution in [-0.2, 0) is 0 Å². The molecule has 1 aromatic carbocycles. The number of halogens is 2. The second kappa shape index (κ2) is 7.72. The fourth-order valence-corrected chi connectivity index (χ4v) is 5.01. The van der Waals surface area contributed by atoms with E-state index >= 15 is 0 Å². The van der Waals surface area contributed by atoms with Crippen molar-refractivity contribution in [2.24, 2.45) is 0 Å². The molecule has 0 unspecified atom stereocenters. The predicted octanol–water partition coefficient (Wildman–Crippen LogP) is 6.14. The molecule has 0 spiro atoms. The van der Waals surface area contributed by atoms with E-state index in [9.17, 15) is 8.78 Å². The largest absolute Gasteiger partial charge is 0.366 e. The lowest BCUT2D eigenvalue weighted by Crippen LogP contribution is -2.07. The van der Waals surface area contributed by atoms with E-state index in [0.29, 0.717) is 0 Å². The molecule has 2 atom stereocenters. The zero-order chi connectivity index (χ0) is 19.0. The van der Waals surface area contributed by atoms with Crippen molar-refractivity contribution >= 4 is 39.1 Å². The number of fused-ring (bicyclic) bond motifs is 1. The quantitative estimate of drug-likeness (QED) is 0.291. The molecule has 1 aliphatic carbocycles. The lowest BCUT2D eigenvalue weighted by Gasteiger charge is -2.09. The molecule has 7 heteroatoms. The van der Waals surface area contributed by atoms with E-state index in [1.807, 2.05) is 0 Å². The molecular formula is C20H21F2N3S2. The Morgan fingerprint density at radius 2 is 2.07 bits per heavy atom. The first-order valence-electron chi connectivity index (χ1n) is 9.17. The van der Waals surface area contributed by atoms with Gasteiger partial charge in [-0.05, 0) is 43.5 Å². The summed E-state index contributed by atoms with van der Waals surface area (Å²) in [6, 6.07) is 6.46. The van der Waals surface area contributed by atoms with Gasteiger partial charge in [-0.25, -0.2) is 18.7 Å². The van der Waals surface area contributed by atoms with Crippen molar-refractivity contribution in [1.29, 1.82) is 0 Å². The van der Waals surface area contributed by atoms with Crippen LogP contribution < -0.4 is 5.32 Å². The molecule has 2 aromatic heterocycles. The van der Waals surface area contributed by atoms with E-state index in [-0.39, 0.29) is 12.0 Å². The molecule has 0 radical (unpaired) electrons. The number of thioether (sulfide) groups is 1. The van der Waals surface area contributed by atoms with Gasteiger partial charge in [0.25, 0.3) is 0 Å². The number of benzene rings is 1. The summed E-state index contributed by atoms with van der Waals surface area (Å²) >= 11 is 3.36. The number of rotatable bonds is 7. The topological polar surface area (TPSA) is 37.8 Å². The van der Waals surface area contributed by atoms with E-state index in [0.717, 1.165) is 51.8 Å². The second-order valence-electron chi connectivity index (χ2n) is 6.90. The highest BCUT2D eigenvalue weighted by molar-refractivity contribution is 7.99. The molecule has 2 heterocycles. The minimum Gasteiger partial charge on any atom is -0.366 e. The minimum atomic E-state index is -0.802. The third kappa shape index (κ3) is 4.09. The average molecular weight is 406 g/mol. The van der Waals surface area contributed by atoms with Crippen molar-refractivity contribution in [2.45, 2.75) is 50.2 Å². The minimum absolute atomic E-state index is 0.182. The monoisotopic (exact) mass is 405 g/mol. The number of unbranched alkanes of at least 4 members (excludes halogenated alkanes) is 1. The Kier molecular flexibility index (Phi) is 5.32. The Balaban J connectivity index is 1.55. The van der Waals surface area contributed by atoms with Crippen molar-refractivity contribution in [2.75, 3.05) is 11.1 Å². The van der Waals surface area contributed by atoms with Crippen LogP contribution in [0.3, 0.4) is 0 Å². The molecule has 1 fully saturated rings. The van der Waals surface area contributed by atoms with Crippen molar-refractivity contribution in [3.8, 4) is 0 Å². The van der Waals surface area contributed by atoms with Gasteiger partial charge in [0.2, 0.25) is 0 Å². The van der Waals surface area contributed by atoms with Crippen LogP contribution in [0.4, 0.5) is 14.6 Å². The molecular weight excluding hydrogens is 384 g/mol. The Hall–Kier alpha value is -1.73. The molecule has 0 aliphatic heterocycles. The van der Waals surface area contributed by atoms with Gasteiger partial charge in [-0.3, -0.25) is 0 Å². The van der Waals surface area contributed by atoms with Gasteiger partial charge in [-0.15, -0.1) is 11.3 Å². The van der Waals surface area contributed by atoms with Gasteiger partial charge in [-0.1, -0.05) is 31.2 Å². The summed E-state index contributed by atoms with van der Waals surface area (Å²) in [6.07, 6.45) is 3.17. The maximum absolute atomic E-state index is 13.5. The number of aryl methyl sites for hydroxylation is 1. The number of thiophene rings is 1. The number of aromatic nitrogens is 2. The van der Waals surface area contributed by atoms with Crippen LogP contribution in [-0.4, -0.2) is 21.8 Å². The van der Waals surface area contributed by atoms with Crippen LogP contribution in [0.1, 0.15) is 42.5 Å². The Morgan fingerprint density at radius 1 is 1.22 bits per heavy atom. The third-order valence-electron chi connectivity index (χ3n) is 4.71. The summed E-state index contributed by atoms with van der Waals surface area (Å²) in [5, 5.41) is 5.34. The Bertz CT molecular complexity index is 973. The fourth-order valence-electron chi connectivity index (χ4n) is 3.15. The number of nitrogens with one attached hydrogen (secondary N) is 1. The first-order chi connectivity index (χ1) is 13.0. The van der Waals surface area contributed by atoms with Gasteiger partial charge >= 0.3 is 0 Å². The van der Waals surface area contributed by atoms with Crippen LogP contribution in [0.5, 0.6) is 0 Å². The average Bonchev–Trinajstić information content (AvgIpc) is 3.29. The van der Waals surface area contributed by atoms with Crippen molar-refractivity contribution in [3.63, 3.8) is 0 Å². The van der Waals surface area contributed by atoms with Crippen LogP contribution in [0.2, 0.25) is 0 Å². The molecule has 0 bridgehead atoms. The Morgan fingerprint density at radius 3 is 2.85 bits per heavy atom. The van der Waals surface area contributed by atoms with E-state index in [2.05, 4.69) is 25.2 Å². The molecule has 3 aromatic rings. The molecule has 3 nitrogen and oxygen atoms in total. The van der Waals surface area contributed by atoms with E-state index < -0.39 is 11.6 Å². The lowest BCUT2D eigenvalue weighted by atomic mass is 10.1. The van der Waals surface area contributed by atoms with Crippen molar-refractivity contribution in [1.82, 2.24) is 9.97 Å². The van der Waals surface area contributed by atoms with E-state index in [4.69, 9.17) is 9.97 Å². The van der Waals surface area contributed by atoms with Crippen molar-refractivity contribution in [3.05, 3.63) is 46.3 Å². The lowest BCUT2D eigenvalue weighted by molar-refractivity contribution is 0.507. The number of nitrogens with zero attached hydrogens (tertiary/aromatic N) is 2. The molecule has 142 valence electrons. The van der Waals surface area contributed by atoms with Gasteiger partial charge in [0.1, 0.15) is 10.6 Å². The third-order valence-corrected chi connectivity index (χ3v) is 6.59. The molecule has 27 heavy (non-hydrogen) atoms. The van der Waals surface area contributed by atoms with E-state index in [1.54, 1.807) is 29.2 Å². The van der Waals surface area contributed by atoms with Crippen LogP contribution >= 0.6 is 23.1 Å². The maximum Gasteiger partial charge on any atom is 0.190 e. The maximum atomic E-state index is 13.5. The summed E-state index contributed by atoms with van der Waals surface area (Å²) in [5.41, 5.74) is 0.829. The highest BCUT2D eigenvalue weighted by atomic mass is 32.2. The summed E-state index contributed by atoms with van der Waals surface area (Å²) in [5.74, 6) is 0.446.